The zero-order valence-corrected chi connectivity index (χ0v) is 62.0. The van der Waals surface area contributed by atoms with Crippen molar-refractivity contribution >= 4 is 39.5 Å². The second-order valence-electron chi connectivity index (χ2n) is 27.8. The molecule has 4 unspecified atom stereocenters. The minimum Gasteiger partial charge on any atom is -0.462 e. The summed E-state index contributed by atoms with van der Waals surface area (Å²) in [4.78, 5) is 72.7. The van der Waals surface area contributed by atoms with Crippen LogP contribution in [0.3, 0.4) is 0 Å². The highest BCUT2D eigenvalue weighted by Gasteiger charge is 2.30. The number of ether oxygens (including phenoxy) is 4. The molecule has 7 atom stereocenters. The lowest BCUT2D eigenvalue weighted by atomic mass is 9.99. The van der Waals surface area contributed by atoms with Crippen LogP contribution in [0.4, 0.5) is 0 Å². The monoisotopic (exact) mass is 1350 g/mol. The number of esters is 4. The van der Waals surface area contributed by atoms with Crippen LogP contribution in [0.15, 0.2) is 0 Å². The molecule has 0 aliphatic heterocycles. The average Bonchev–Trinajstić information content (AvgIpc) is 3.70. The highest BCUT2D eigenvalue weighted by Crippen LogP contribution is 2.45. The predicted octanol–water partition coefficient (Wildman–Crippen LogP) is 20.9. The molecule has 0 heterocycles. The first-order chi connectivity index (χ1) is 44.2. The number of hydrogen-bond acceptors (Lipinski definition) is 15. The maximum atomic E-state index is 13.0. The molecule has 0 aliphatic rings. The van der Waals surface area contributed by atoms with Gasteiger partial charge in [0.1, 0.15) is 19.3 Å². The van der Waals surface area contributed by atoms with Gasteiger partial charge in [0.15, 0.2) is 12.2 Å². The third-order valence-electron chi connectivity index (χ3n) is 17.5. The lowest BCUT2D eigenvalue weighted by Crippen LogP contribution is -2.30. The quantitative estimate of drug-likeness (QED) is 0.0222. The molecule has 17 nitrogen and oxygen atoms in total. The van der Waals surface area contributed by atoms with Crippen molar-refractivity contribution in [1.82, 2.24) is 0 Å². The van der Waals surface area contributed by atoms with Crippen molar-refractivity contribution in [3.8, 4) is 0 Å². The van der Waals surface area contributed by atoms with E-state index in [0.29, 0.717) is 25.7 Å². The first kappa shape index (κ1) is 90.1. The number of aliphatic hydroxyl groups excluding tert-OH is 1. The number of carbonyl (C=O) groups excluding carboxylic acids is 4. The topological polar surface area (TPSA) is 237 Å². The molecule has 0 rings (SSSR count). The van der Waals surface area contributed by atoms with E-state index in [9.17, 15) is 43.2 Å². The highest BCUT2D eigenvalue weighted by molar-refractivity contribution is 7.47. The van der Waals surface area contributed by atoms with Gasteiger partial charge >= 0.3 is 39.5 Å². The molecule has 0 fully saturated rings. The molecule has 0 aromatic heterocycles. The van der Waals surface area contributed by atoms with Gasteiger partial charge in [-0.3, -0.25) is 37.3 Å². The summed E-state index contributed by atoms with van der Waals surface area (Å²) in [5, 5.41) is 10.6. The third-order valence-corrected chi connectivity index (χ3v) is 19.4. The Morgan fingerprint density at radius 1 is 0.304 bits per heavy atom. The number of hydrogen-bond donors (Lipinski definition) is 3. The molecule has 92 heavy (non-hydrogen) atoms. The average molecular weight is 1350 g/mol. The summed E-state index contributed by atoms with van der Waals surface area (Å²) in [5.74, 6) is 0.928. The minimum absolute atomic E-state index is 0.105. The summed E-state index contributed by atoms with van der Waals surface area (Å²) in [7, 11) is -9.91. The van der Waals surface area contributed by atoms with Crippen LogP contribution in [0.25, 0.3) is 0 Å². The summed E-state index contributed by atoms with van der Waals surface area (Å²) in [6, 6.07) is 0. The molecule has 0 saturated carbocycles. The van der Waals surface area contributed by atoms with E-state index in [1.54, 1.807) is 0 Å². The first-order valence-electron chi connectivity index (χ1n) is 37.8. The third kappa shape index (κ3) is 64.1. The van der Waals surface area contributed by atoms with Crippen molar-refractivity contribution < 1.29 is 80.2 Å². The smallest absolute Gasteiger partial charge is 0.462 e. The fraction of sp³-hybridized carbons (Fsp3) is 0.945. The molecular formula is C73H142O17P2. The molecule has 0 spiro atoms. The van der Waals surface area contributed by atoms with Crippen LogP contribution in [0.1, 0.15) is 364 Å². The molecule has 0 aromatic rings. The summed E-state index contributed by atoms with van der Waals surface area (Å²) >= 11 is 0. The van der Waals surface area contributed by atoms with Gasteiger partial charge in [-0.05, 0) is 49.4 Å². The van der Waals surface area contributed by atoms with E-state index < -0.39 is 97.5 Å². The number of phosphoric acid groups is 2. The Hall–Kier alpha value is -1.94. The molecule has 546 valence electrons. The lowest BCUT2D eigenvalue weighted by molar-refractivity contribution is -0.161. The summed E-state index contributed by atoms with van der Waals surface area (Å²) in [6.07, 6.45) is 45.8. The van der Waals surface area contributed by atoms with Crippen LogP contribution in [0.5, 0.6) is 0 Å². The van der Waals surface area contributed by atoms with Gasteiger partial charge in [-0.1, -0.05) is 312 Å². The molecule has 0 radical (unpaired) electrons. The number of aliphatic hydroxyl groups is 1. The largest absolute Gasteiger partial charge is 0.472 e. The predicted molar refractivity (Wildman–Crippen MR) is 372 cm³/mol. The Bertz CT molecular complexity index is 1820. The van der Waals surface area contributed by atoms with Crippen LogP contribution in [0.2, 0.25) is 0 Å². The number of phosphoric ester groups is 2. The Kier molecular flexibility index (Phi) is 61.3. The molecule has 0 saturated heterocycles. The van der Waals surface area contributed by atoms with E-state index in [1.807, 2.05) is 0 Å². The fourth-order valence-electron chi connectivity index (χ4n) is 11.0. The van der Waals surface area contributed by atoms with Gasteiger partial charge in [-0.2, -0.15) is 0 Å². The Labute approximate surface area is 562 Å². The Morgan fingerprint density at radius 3 is 0.772 bits per heavy atom. The summed E-state index contributed by atoms with van der Waals surface area (Å²) in [6.45, 7) is 14.1. The van der Waals surface area contributed by atoms with E-state index in [4.69, 9.17) is 37.0 Å². The maximum Gasteiger partial charge on any atom is 0.472 e. The van der Waals surface area contributed by atoms with Gasteiger partial charge in [-0.25, -0.2) is 9.13 Å². The second kappa shape index (κ2) is 62.6. The first-order valence-corrected chi connectivity index (χ1v) is 40.8. The molecule has 0 amide bonds. The van der Waals surface area contributed by atoms with Crippen molar-refractivity contribution in [2.75, 3.05) is 39.6 Å². The van der Waals surface area contributed by atoms with Crippen molar-refractivity contribution in [2.24, 2.45) is 23.7 Å². The van der Waals surface area contributed by atoms with Crippen LogP contribution < -0.4 is 0 Å². The molecular weight excluding hydrogens is 1210 g/mol. The Morgan fingerprint density at radius 2 is 0.522 bits per heavy atom. The van der Waals surface area contributed by atoms with E-state index in [-0.39, 0.29) is 25.7 Å². The molecule has 0 bridgehead atoms. The maximum absolute atomic E-state index is 13.0. The van der Waals surface area contributed by atoms with Crippen LogP contribution in [-0.4, -0.2) is 96.7 Å². The summed E-state index contributed by atoms with van der Waals surface area (Å²) in [5.41, 5.74) is 0. The zero-order valence-electron chi connectivity index (χ0n) is 60.2. The van der Waals surface area contributed by atoms with Crippen molar-refractivity contribution in [3.63, 3.8) is 0 Å². The highest BCUT2D eigenvalue weighted by atomic mass is 31.2. The SMILES string of the molecule is CCC(C)CCCCCCCCCCCCCCCCC(=O)O[C@H](COC(=O)CCCCCCCCC(C)CC)COP(=O)(O)OC[C@H](O)COP(=O)(O)OC[C@@H](COC(=O)CCCCCCCCCCC(C)C)OC(=O)CCCCCCCCCCCCC(C)C. The lowest BCUT2D eigenvalue weighted by Gasteiger charge is -2.21. The molecule has 19 heteroatoms. The van der Waals surface area contributed by atoms with Crippen LogP contribution >= 0.6 is 15.6 Å². The Balaban J connectivity index is 5.24. The standard InChI is InChI=1S/C73H142O17P2/c1-9-65(7)51-43-35-27-20-15-13-11-12-14-16-21-29-39-47-55-72(77)90-69(60-84-71(76)54-46-38-32-31-36-44-52-66(8)10-2)62-88-92(81,82)86-58-67(74)57-85-91(79,80)87-61-68(59-83-70(75)53-45-37-28-24-23-26-34-42-50-64(5)6)89-73(78)56-48-40-30-22-18-17-19-25-33-41-49-63(3)4/h63-69,74H,9-62H2,1-8H3,(H,79,80)(H,81,82)/t65?,66?,67-,68-,69-/m1/s1. The van der Waals surface area contributed by atoms with Gasteiger partial charge in [-0.15, -0.1) is 0 Å². The van der Waals surface area contributed by atoms with Crippen molar-refractivity contribution in [3.05, 3.63) is 0 Å². The van der Waals surface area contributed by atoms with E-state index in [0.717, 1.165) is 120 Å². The molecule has 3 N–H and O–H groups in total. The van der Waals surface area contributed by atoms with E-state index in [2.05, 4.69) is 55.4 Å². The van der Waals surface area contributed by atoms with Gasteiger partial charge in [0.25, 0.3) is 0 Å². The van der Waals surface area contributed by atoms with Gasteiger partial charge in [0.2, 0.25) is 0 Å². The minimum atomic E-state index is -4.95. The van der Waals surface area contributed by atoms with Gasteiger partial charge < -0.3 is 33.8 Å². The molecule has 0 aliphatic carbocycles. The number of carbonyl (C=O) groups is 4. The van der Waals surface area contributed by atoms with Gasteiger partial charge in [0.05, 0.1) is 26.4 Å². The normalized spacial score (nSPS) is 14.8. The summed E-state index contributed by atoms with van der Waals surface area (Å²) < 4.78 is 68.4. The van der Waals surface area contributed by atoms with Crippen molar-refractivity contribution in [1.29, 1.82) is 0 Å². The second-order valence-corrected chi connectivity index (χ2v) is 30.7. The van der Waals surface area contributed by atoms with Crippen LogP contribution in [0, 0.1) is 23.7 Å². The van der Waals surface area contributed by atoms with Crippen molar-refractivity contribution in [2.45, 2.75) is 382 Å². The van der Waals surface area contributed by atoms with E-state index in [1.165, 1.54) is 161 Å². The number of unbranched alkanes of at least 4 members (excludes halogenated alkanes) is 34. The fourth-order valence-corrected chi connectivity index (χ4v) is 12.5. The number of rotatable bonds is 70. The van der Waals surface area contributed by atoms with Crippen LogP contribution in [-0.2, 0) is 65.4 Å². The van der Waals surface area contributed by atoms with E-state index >= 15 is 0 Å². The van der Waals surface area contributed by atoms with Gasteiger partial charge in [0, 0.05) is 25.7 Å². The molecule has 0 aromatic carbocycles. The zero-order chi connectivity index (χ0) is 68.2.